The van der Waals surface area contributed by atoms with Crippen LogP contribution in [0.2, 0.25) is 5.02 Å². The highest BCUT2D eigenvalue weighted by Gasteiger charge is 2.25. The van der Waals surface area contributed by atoms with Gasteiger partial charge in [-0.1, -0.05) is 35.9 Å². The van der Waals surface area contributed by atoms with Crippen LogP contribution in [0.25, 0.3) is 0 Å². The van der Waals surface area contributed by atoms with Crippen LogP contribution in [0.1, 0.15) is 30.7 Å². The first-order valence-corrected chi connectivity index (χ1v) is 9.24. The van der Waals surface area contributed by atoms with Crippen molar-refractivity contribution in [2.24, 2.45) is 0 Å². The molecule has 1 aromatic rings. The molecule has 0 spiro atoms. The lowest BCUT2D eigenvalue weighted by Gasteiger charge is -2.29. The SMILES string of the molecule is O=C1CCCN1C(=O)NCCCN1CC=CC(c2ccc(Cl)cc2)C1. The summed E-state index contributed by atoms with van der Waals surface area (Å²) in [5, 5.41) is 3.61. The first kappa shape index (κ1) is 18.0. The number of amides is 3. The summed E-state index contributed by atoms with van der Waals surface area (Å²) in [4.78, 5) is 27.2. The Hall–Kier alpha value is -1.85. The number of nitrogens with one attached hydrogen (secondary N) is 1. The molecule has 2 aliphatic rings. The van der Waals surface area contributed by atoms with Crippen LogP contribution in [0, 0.1) is 0 Å². The van der Waals surface area contributed by atoms with Crippen LogP contribution in [0.5, 0.6) is 0 Å². The number of likely N-dealkylation sites (tertiary alicyclic amines) is 1. The predicted octanol–water partition coefficient (Wildman–Crippen LogP) is 3.02. The predicted molar refractivity (Wildman–Crippen MR) is 98.7 cm³/mol. The molecule has 1 fully saturated rings. The molecule has 1 atom stereocenters. The van der Waals surface area contributed by atoms with Crippen LogP contribution >= 0.6 is 11.6 Å². The topological polar surface area (TPSA) is 52.7 Å². The number of imide groups is 1. The molecule has 0 bridgehead atoms. The number of hydrogen-bond donors (Lipinski definition) is 1. The highest BCUT2D eigenvalue weighted by Crippen LogP contribution is 2.23. The molecule has 3 rings (SSSR count). The number of carbonyl (C=O) groups excluding carboxylic acids is 2. The van der Waals surface area contributed by atoms with Crippen molar-refractivity contribution in [3.8, 4) is 0 Å². The number of hydrogen-bond acceptors (Lipinski definition) is 3. The van der Waals surface area contributed by atoms with Gasteiger partial charge in [0.2, 0.25) is 5.91 Å². The van der Waals surface area contributed by atoms with Gasteiger partial charge in [-0.15, -0.1) is 0 Å². The molecule has 3 amide bonds. The molecule has 0 aromatic heterocycles. The van der Waals surface area contributed by atoms with Gasteiger partial charge in [0, 0.05) is 50.1 Å². The first-order chi connectivity index (χ1) is 12.1. The lowest BCUT2D eigenvalue weighted by atomic mass is 9.96. The maximum Gasteiger partial charge on any atom is 0.324 e. The summed E-state index contributed by atoms with van der Waals surface area (Å²) in [7, 11) is 0. The smallest absolute Gasteiger partial charge is 0.324 e. The Morgan fingerprint density at radius 2 is 2.08 bits per heavy atom. The van der Waals surface area contributed by atoms with Crippen molar-refractivity contribution in [1.29, 1.82) is 0 Å². The van der Waals surface area contributed by atoms with Crippen LogP contribution in [0.15, 0.2) is 36.4 Å². The van der Waals surface area contributed by atoms with Gasteiger partial charge in [0.1, 0.15) is 0 Å². The zero-order valence-electron chi connectivity index (χ0n) is 14.3. The summed E-state index contributed by atoms with van der Waals surface area (Å²) < 4.78 is 0. The lowest BCUT2D eigenvalue weighted by Crippen LogP contribution is -2.41. The number of rotatable bonds is 5. The average Bonchev–Trinajstić information content (AvgIpc) is 3.05. The van der Waals surface area contributed by atoms with Gasteiger partial charge in [0.25, 0.3) is 0 Å². The van der Waals surface area contributed by atoms with Gasteiger partial charge in [0.05, 0.1) is 0 Å². The summed E-state index contributed by atoms with van der Waals surface area (Å²) in [6.07, 6.45) is 6.58. The highest BCUT2D eigenvalue weighted by molar-refractivity contribution is 6.30. The molecule has 1 unspecified atom stereocenters. The quantitative estimate of drug-likeness (QED) is 0.648. The van der Waals surface area contributed by atoms with Gasteiger partial charge in [-0.3, -0.25) is 14.6 Å². The van der Waals surface area contributed by atoms with E-state index in [2.05, 4.69) is 34.5 Å². The van der Waals surface area contributed by atoms with Crippen molar-refractivity contribution < 1.29 is 9.59 Å². The maximum atomic E-state index is 11.9. The molecule has 0 saturated carbocycles. The van der Waals surface area contributed by atoms with Gasteiger partial charge >= 0.3 is 6.03 Å². The minimum Gasteiger partial charge on any atom is -0.338 e. The monoisotopic (exact) mass is 361 g/mol. The first-order valence-electron chi connectivity index (χ1n) is 8.86. The third kappa shape index (κ3) is 4.83. The van der Waals surface area contributed by atoms with Gasteiger partial charge < -0.3 is 5.32 Å². The summed E-state index contributed by atoms with van der Waals surface area (Å²) in [6.45, 7) is 3.96. The Morgan fingerprint density at radius 3 is 2.80 bits per heavy atom. The van der Waals surface area contributed by atoms with Crippen LogP contribution in [-0.4, -0.2) is 54.5 Å². The minimum atomic E-state index is -0.250. The van der Waals surface area contributed by atoms with E-state index in [9.17, 15) is 9.59 Å². The molecule has 1 saturated heterocycles. The second-order valence-corrected chi connectivity index (χ2v) is 7.02. The van der Waals surface area contributed by atoms with Crippen LogP contribution in [-0.2, 0) is 4.79 Å². The maximum absolute atomic E-state index is 11.9. The molecule has 1 aromatic carbocycles. The molecular formula is C19H24ClN3O2. The standard InChI is InChI=1S/C19H24ClN3O2/c20-17-8-6-15(7-9-17)16-4-1-11-22(14-16)12-3-10-21-19(25)23-13-2-5-18(23)24/h1,4,6-9,16H,2-3,5,10-14H2,(H,21,25). The second kappa shape index (κ2) is 8.50. The van der Waals surface area contributed by atoms with Gasteiger partial charge in [-0.2, -0.15) is 0 Å². The lowest BCUT2D eigenvalue weighted by molar-refractivity contribution is -0.125. The molecule has 0 radical (unpaired) electrons. The number of carbonyl (C=O) groups is 2. The highest BCUT2D eigenvalue weighted by atomic mass is 35.5. The minimum absolute atomic E-state index is 0.0653. The second-order valence-electron chi connectivity index (χ2n) is 6.58. The van der Waals surface area contributed by atoms with Crippen molar-refractivity contribution in [3.63, 3.8) is 0 Å². The van der Waals surface area contributed by atoms with E-state index in [-0.39, 0.29) is 11.9 Å². The van der Waals surface area contributed by atoms with E-state index in [0.717, 1.165) is 37.5 Å². The Morgan fingerprint density at radius 1 is 1.28 bits per heavy atom. The molecule has 25 heavy (non-hydrogen) atoms. The largest absolute Gasteiger partial charge is 0.338 e. The fourth-order valence-corrected chi connectivity index (χ4v) is 3.48. The summed E-state index contributed by atoms with van der Waals surface area (Å²) in [5.41, 5.74) is 1.27. The van der Waals surface area contributed by atoms with Crippen LogP contribution in [0.3, 0.4) is 0 Å². The third-order valence-electron chi connectivity index (χ3n) is 4.73. The number of urea groups is 1. The summed E-state index contributed by atoms with van der Waals surface area (Å²) in [6, 6.07) is 7.76. The normalized spacial score (nSPS) is 20.9. The number of halogens is 1. The fraction of sp³-hybridized carbons (Fsp3) is 0.474. The molecule has 2 aliphatic heterocycles. The summed E-state index contributed by atoms with van der Waals surface area (Å²) >= 11 is 5.96. The van der Waals surface area contributed by atoms with Crippen molar-refractivity contribution in [2.75, 3.05) is 32.7 Å². The van der Waals surface area contributed by atoms with Crippen LogP contribution in [0.4, 0.5) is 4.79 Å². The number of benzene rings is 1. The van der Waals surface area contributed by atoms with E-state index in [1.54, 1.807) is 0 Å². The fourth-order valence-electron chi connectivity index (χ4n) is 3.35. The molecular weight excluding hydrogens is 338 g/mol. The Bertz CT molecular complexity index is 645. The van der Waals surface area contributed by atoms with Crippen LogP contribution < -0.4 is 5.32 Å². The molecule has 1 N–H and O–H groups in total. The van der Waals surface area contributed by atoms with Crippen molar-refractivity contribution in [2.45, 2.75) is 25.2 Å². The Kier molecular flexibility index (Phi) is 6.10. The zero-order chi connectivity index (χ0) is 17.6. The van der Waals surface area contributed by atoms with Gasteiger partial charge in [0.15, 0.2) is 0 Å². The molecule has 2 heterocycles. The number of nitrogens with zero attached hydrogens (tertiary/aromatic N) is 2. The van der Waals surface area contributed by atoms with E-state index >= 15 is 0 Å². The zero-order valence-corrected chi connectivity index (χ0v) is 15.0. The van der Waals surface area contributed by atoms with Crippen molar-refractivity contribution in [3.05, 3.63) is 47.0 Å². The molecule has 0 aliphatic carbocycles. The summed E-state index contributed by atoms with van der Waals surface area (Å²) in [5.74, 6) is 0.312. The average molecular weight is 362 g/mol. The Labute approximate surface area is 153 Å². The van der Waals surface area contributed by atoms with E-state index in [0.29, 0.717) is 25.4 Å². The molecule has 6 heteroatoms. The van der Waals surface area contributed by atoms with E-state index < -0.39 is 0 Å². The molecule has 134 valence electrons. The van der Waals surface area contributed by atoms with E-state index in [1.807, 2.05) is 12.1 Å². The van der Waals surface area contributed by atoms with Gasteiger partial charge in [-0.05, 0) is 30.5 Å². The third-order valence-corrected chi connectivity index (χ3v) is 4.98. The van der Waals surface area contributed by atoms with Gasteiger partial charge in [-0.25, -0.2) is 4.79 Å². The van der Waals surface area contributed by atoms with E-state index in [1.165, 1.54) is 10.5 Å². The molecule has 5 nitrogen and oxygen atoms in total. The Balaban J connectivity index is 1.40. The van der Waals surface area contributed by atoms with E-state index in [4.69, 9.17) is 11.6 Å². The van der Waals surface area contributed by atoms with Crippen molar-refractivity contribution in [1.82, 2.24) is 15.1 Å². The van der Waals surface area contributed by atoms with Crippen molar-refractivity contribution >= 4 is 23.5 Å².